The Labute approximate surface area is 536 Å². The van der Waals surface area contributed by atoms with E-state index >= 15 is 0 Å². The van der Waals surface area contributed by atoms with Crippen LogP contribution < -0.4 is 0 Å². The van der Waals surface area contributed by atoms with Gasteiger partial charge in [-0.2, -0.15) is 0 Å². The molecule has 0 amide bonds. The summed E-state index contributed by atoms with van der Waals surface area (Å²) in [5.41, 5.74) is 14.8. The van der Waals surface area contributed by atoms with Crippen LogP contribution in [0.3, 0.4) is 0 Å². The first-order valence-corrected chi connectivity index (χ1v) is 33.8. The number of rotatable bonds is 12. The second-order valence-electron chi connectivity index (χ2n) is 27.1. The molecular weight excluding hydrogens is 1100 g/mol. The lowest BCUT2D eigenvalue weighted by molar-refractivity contribution is 0.820. The third-order valence-corrected chi connectivity index (χ3v) is 18.7. The normalized spacial score (nSPS) is 11.4. The first-order chi connectivity index (χ1) is 40.5. The minimum atomic E-state index is 0. The number of hydrogen-bond donors (Lipinski definition) is 0. The van der Waals surface area contributed by atoms with Crippen molar-refractivity contribution in [1.29, 1.82) is 0 Å². The molecule has 0 fully saturated rings. The molecule has 468 valence electrons. The van der Waals surface area contributed by atoms with Crippen LogP contribution >= 0.6 is 22.7 Å². The molecule has 0 saturated heterocycles. The summed E-state index contributed by atoms with van der Waals surface area (Å²) in [6, 6.07) is 40.0. The van der Waals surface area contributed by atoms with Gasteiger partial charge in [0, 0.05) is 66.8 Å². The van der Waals surface area contributed by atoms with Crippen LogP contribution in [0.2, 0.25) is 0 Å². The summed E-state index contributed by atoms with van der Waals surface area (Å²) in [5.74, 6) is 6.96. The molecule has 10 aromatic rings. The summed E-state index contributed by atoms with van der Waals surface area (Å²) in [5, 5.41) is 5.21. The average molecular weight is 1210 g/mol. The Bertz CT molecular complexity index is 3250. The van der Waals surface area contributed by atoms with Crippen LogP contribution in [0, 0.1) is 0 Å². The smallest absolute Gasteiger partial charge is 0.0893 e. The SMILES string of the molecule is C.CC(C)c1ccc(C(C)C)s1.CC(C)c1ccc2cnc(C(C)C)cc2c1.CC(C)c1ccc2ncc(C(C)C)cc2c1.CC(C)c1ccc2ncc(C(C)C)nc2c1.CC(C)c1ccc2sc(C(C)C)cc2c1.CC(C)c1cncc(C(C)C)c1. The standard InChI is InChI=1S/2C15H19N.C14H18N2.C14H18S.C11H17N.C10H16S.CH4/c1-10(2)12-5-6-15-13(7-12)8-14(9-16-15)11(3)4;1-10(2)12-5-6-13-9-16-15(11(3)4)8-14(13)7-12;1-9(2)11-5-6-12-13(7-11)16-14(8-15-12)10(3)4;1-9(2)11-5-6-13-12(7-11)8-14(15-13)10(3)4;1-8(2)10-5-11(9(3)4)7-12-6-10;1-7(2)9-5-6-10(11-9)8(3)4;/h2*5-11H,1-4H3;5-10H,1-4H3;5-10H,1-4H3;5-9H,1-4H3;5-8H,1-4H3;1H4. The van der Waals surface area contributed by atoms with E-state index in [2.05, 4.69) is 300 Å². The molecular formula is C80H111N5S2. The number of thiophene rings is 2. The van der Waals surface area contributed by atoms with Crippen molar-refractivity contribution in [2.45, 2.75) is 245 Å². The zero-order chi connectivity index (χ0) is 63.7. The quantitative estimate of drug-likeness (QED) is 0.122. The summed E-state index contributed by atoms with van der Waals surface area (Å²) in [4.78, 5) is 26.8. The maximum absolute atomic E-state index is 4.66. The predicted octanol–water partition coefficient (Wildman–Crippen LogP) is 25.9. The van der Waals surface area contributed by atoms with E-state index in [1.807, 2.05) is 53.7 Å². The van der Waals surface area contributed by atoms with Gasteiger partial charge in [0.1, 0.15) is 0 Å². The molecule has 6 aromatic heterocycles. The zero-order valence-corrected chi connectivity index (χ0v) is 58.9. The molecule has 10 rings (SSSR count). The number of aromatic nitrogens is 5. The van der Waals surface area contributed by atoms with Crippen molar-refractivity contribution < 1.29 is 0 Å². The van der Waals surface area contributed by atoms with Crippen LogP contribution in [-0.4, -0.2) is 24.9 Å². The fraction of sp³-hybridized carbons (Fsp3) is 0.463. The summed E-state index contributed by atoms with van der Waals surface area (Å²) in [6.45, 7) is 53.1. The van der Waals surface area contributed by atoms with Gasteiger partial charge in [-0.25, -0.2) is 4.98 Å². The van der Waals surface area contributed by atoms with Crippen LogP contribution in [0.15, 0.2) is 140 Å². The van der Waals surface area contributed by atoms with Crippen molar-refractivity contribution in [1.82, 2.24) is 24.9 Å². The van der Waals surface area contributed by atoms with E-state index in [1.165, 1.54) is 85.5 Å². The zero-order valence-electron chi connectivity index (χ0n) is 57.3. The molecule has 0 bridgehead atoms. The molecule has 5 nitrogen and oxygen atoms in total. The van der Waals surface area contributed by atoms with Gasteiger partial charge < -0.3 is 0 Å². The van der Waals surface area contributed by atoms with E-state index in [9.17, 15) is 0 Å². The minimum absolute atomic E-state index is 0. The minimum Gasteiger partial charge on any atom is -0.264 e. The maximum atomic E-state index is 4.66. The number of pyridine rings is 3. The van der Waals surface area contributed by atoms with Gasteiger partial charge in [-0.05, 0) is 181 Å². The fourth-order valence-corrected chi connectivity index (χ4v) is 11.3. The van der Waals surface area contributed by atoms with Crippen LogP contribution in [0.25, 0.3) is 42.8 Å². The lowest BCUT2D eigenvalue weighted by atomic mass is 9.98. The highest BCUT2D eigenvalue weighted by Crippen LogP contribution is 2.34. The Hall–Kier alpha value is -6.15. The first-order valence-electron chi connectivity index (χ1n) is 32.2. The second kappa shape index (κ2) is 34.6. The molecule has 0 spiro atoms. The lowest BCUT2D eigenvalue weighted by Crippen LogP contribution is -1.96. The summed E-state index contributed by atoms with van der Waals surface area (Å²) in [7, 11) is 0. The second-order valence-corrected chi connectivity index (χ2v) is 29.3. The predicted molar refractivity (Wildman–Crippen MR) is 389 cm³/mol. The molecule has 0 atom stereocenters. The molecule has 7 heteroatoms. The van der Waals surface area contributed by atoms with Crippen molar-refractivity contribution in [3.05, 3.63) is 205 Å². The molecule has 0 N–H and O–H groups in total. The van der Waals surface area contributed by atoms with Gasteiger partial charge in [0.15, 0.2) is 0 Å². The Kier molecular flexibility index (Phi) is 29.1. The third kappa shape index (κ3) is 22.1. The van der Waals surface area contributed by atoms with Gasteiger partial charge in [0.2, 0.25) is 0 Å². The van der Waals surface area contributed by atoms with Crippen molar-refractivity contribution in [3.63, 3.8) is 0 Å². The van der Waals surface area contributed by atoms with Crippen LogP contribution in [-0.2, 0) is 0 Å². The van der Waals surface area contributed by atoms with Gasteiger partial charge in [-0.15, -0.1) is 22.7 Å². The van der Waals surface area contributed by atoms with E-state index in [4.69, 9.17) is 0 Å². The molecule has 87 heavy (non-hydrogen) atoms. The van der Waals surface area contributed by atoms with Gasteiger partial charge in [-0.1, -0.05) is 222 Å². The highest BCUT2D eigenvalue weighted by atomic mass is 32.1. The molecule has 0 aliphatic rings. The highest BCUT2D eigenvalue weighted by Gasteiger charge is 2.11. The van der Waals surface area contributed by atoms with E-state index in [0.717, 1.165) is 22.2 Å². The average Bonchev–Trinajstić information content (AvgIpc) is 4.38. The summed E-state index contributed by atoms with van der Waals surface area (Å²) < 4.78 is 1.42. The Morgan fingerprint density at radius 1 is 0.253 bits per heavy atom. The number of nitrogens with zero attached hydrogens (tertiary/aromatic N) is 5. The summed E-state index contributed by atoms with van der Waals surface area (Å²) >= 11 is 3.87. The van der Waals surface area contributed by atoms with Crippen molar-refractivity contribution in [2.24, 2.45) is 0 Å². The topological polar surface area (TPSA) is 64.5 Å². The van der Waals surface area contributed by atoms with Crippen LogP contribution in [0.4, 0.5) is 0 Å². The first kappa shape index (κ1) is 73.3. The Morgan fingerprint density at radius 2 is 0.678 bits per heavy atom. The van der Waals surface area contributed by atoms with Gasteiger partial charge in [0.25, 0.3) is 0 Å². The summed E-state index contributed by atoms with van der Waals surface area (Å²) in [6.07, 6.45) is 9.76. The number of hydrogen-bond acceptors (Lipinski definition) is 7. The van der Waals surface area contributed by atoms with E-state index in [1.54, 1.807) is 0 Å². The van der Waals surface area contributed by atoms with Gasteiger partial charge in [-0.3, -0.25) is 19.9 Å². The Morgan fingerprint density at radius 3 is 1.16 bits per heavy atom. The van der Waals surface area contributed by atoms with E-state index < -0.39 is 0 Å². The van der Waals surface area contributed by atoms with Gasteiger partial charge in [0.05, 0.1) is 22.2 Å². The van der Waals surface area contributed by atoms with Crippen molar-refractivity contribution in [2.75, 3.05) is 0 Å². The maximum Gasteiger partial charge on any atom is 0.0893 e. The van der Waals surface area contributed by atoms with Crippen LogP contribution in [0.1, 0.15) is 310 Å². The molecule has 0 aliphatic carbocycles. The molecule has 4 aromatic carbocycles. The van der Waals surface area contributed by atoms with E-state index in [0.29, 0.717) is 71.0 Å². The molecule has 0 unspecified atom stereocenters. The number of benzene rings is 4. The van der Waals surface area contributed by atoms with Crippen molar-refractivity contribution >= 4 is 65.5 Å². The highest BCUT2D eigenvalue weighted by molar-refractivity contribution is 7.19. The van der Waals surface area contributed by atoms with Gasteiger partial charge >= 0.3 is 0 Å². The molecule has 0 saturated carbocycles. The van der Waals surface area contributed by atoms with Crippen molar-refractivity contribution in [3.8, 4) is 0 Å². The Balaban J connectivity index is 0.000000224. The molecule has 0 aliphatic heterocycles. The molecule has 6 heterocycles. The fourth-order valence-electron chi connectivity index (χ4n) is 9.20. The van der Waals surface area contributed by atoms with Crippen LogP contribution in [0.5, 0.6) is 0 Å². The number of fused-ring (bicyclic) bond motifs is 4. The molecule has 0 radical (unpaired) electrons. The monoisotopic (exact) mass is 1210 g/mol. The lowest BCUT2D eigenvalue weighted by Gasteiger charge is -2.09. The largest absolute Gasteiger partial charge is 0.264 e. The third-order valence-electron chi connectivity index (χ3n) is 15.6. The van der Waals surface area contributed by atoms with E-state index in [-0.39, 0.29) is 7.43 Å².